The maximum atomic E-state index is 11.9. The maximum absolute atomic E-state index is 11.9. The molecule has 3 heterocycles. The fraction of sp³-hybridized carbons (Fsp3) is 0. The number of benzene rings is 1. The summed E-state index contributed by atoms with van der Waals surface area (Å²) < 4.78 is 0. The first-order valence-corrected chi connectivity index (χ1v) is 8.21. The Morgan fingerprint density at radius 3 is 2.68 bits per heavy atom. The molecule has 0 spiro atoms. The minimum absolute atomic E-state index is 0.361. The number of carbonyl (C=O) groups is 1. The average molecular weight is 371 g/mol. The fourth-order valence-electron chi connectivity index (χ4n) is 2.89. The number of halogens is 2. The molecule has 0 aliphatic rings. The number of H-pyrrole nitrogens is 2. The van der Waals surface area contributed by atoms with Gasteiger partial charge in [0.2, 0.25) is 0 Å². The van der Waals surface area contributed by atoms with Crippen molar-refractivity contribution in [1.82, 2.24) is 15.0 Å². The van der Waals surface area contributed by atoms with Crippen LogP contribution in [0.5, 0.6) is 0 Å². The summed E-state index contributed by atoms with van der Waals surface area (Å²) in [5, 5.41) is 1.89. The molecule has 5 nitrogen and oxygen atoms in total. The highest BCUT2D eigenvalue weighted by Gasteiger charge is 2.19. The van der Waals surface area contributed by atoms with Gasteiger partial charge in [-0.1, -0.05) is 23.2 Å². The molecule has 0 bridgehead atoms. The number of carbonyl (C=O) groups excluding carboxylic acids is 1. The Labute approximate surface area is 152 Å². The zero-order valence-corrected chi connectivity index (χ0v) is 14.3. The molecule has 4 N–H and O–H groups in total. The van der Waals surface area contributed by atoms with Crippen molar-refractivity contribution in [2.24, 2.45) is 5.73 Å². The van der Waals surface area contributed by atoms with Crippen LogP contribution < -0.4 is 5.73 Å². The van der Waals surface area contributed by atoms with Crippen molar-refractivity contribution in [2.45, 2.75) is 0 Å². The highest BCUT2D eigenvalue weighted by atomic mass is 35.5. The van der Waals surface area contributed by atoms with Crippen LogP contribution in [0.1, 0.15) is 10.4 Å². The van der Waals surface area contributed by atoms with Gasteiger partial charge in [0.1, 0.15) is 5.65 Å². The van der Waals surface area contributed by atoms with Gasteiger partial charge in [0.15, 0.2) is 0 Å². The smallest absolute Gasteiger partial charge is 0.250 e. The summed E-state index contributed by atoms with van der Waals surface area (Å²) in [5.41, 5.74) is 9.57. The maximum Gasteiger partial charge on any atom is 0.250 e. The Balaban J connectivity index is 1.95. The molecule has 4 aromatic rings. The van der Waals surface area contributed by atoms with Crippen LogP contribution in [0.15, 0.2) is 48.8 Å². The summed E-state index contributed by atoms with van der Waals surface area (Å²) in [6.45, 7) is 0. The van der Waals surface area contributed by atoms with E-state index >= 15 is 0 Å². The first-order valence-electron chi connectivity index (χ1n) is 7.45. The second kappa shape index (κ2) is 5.95. The van der Waals surface area contributed by atoms with Crippen LogP contribution in [-0.4, -0.2) is 20.9 Å². The highest BCUT2D eigenvalue weighted by Crippen LogP contribution is 2.36. The van der Waals surface area contributed by atoms with Gasteiger partial charge in [0.25, 0.3) is 5.91 Å². The third-order valence-corrected chi connectivity index (χ3v) is 4.58. The Bertz CT molecular complexity index is 1110. The second-order valence-corrected chi connectivity index (χ2v) is 6.40. The van der Waals surface area contributed by atoms with Crippen LogP contribution in [-0.2, 0) is 0 Å². The van der Waals surface area contributed by atoms with Crippen LogP contribution in [0, 0.1) is 0 Å². The predicted molar refractivity (Wildman–Crippen MR) is 99.9 cm³/mol. The first-order chi connectivity index (χ1) is 12.0. The monoisotopic (exact) mass is 370 g/mol. The molecule has 1 amide bonds. The molecule has 0 saturated carbocycles. The molecule has 0 atom stereocenters. The van der Waals surface area contributed by atoms with E-state index in [1.54, 1.807) is 30.5 Å². The summed E-state index contributed by atoms with van der Waals surface area (Å²) in [6.07, 6.45) is 3.52. The molecule has 1 aromatic carbocycles. The lowest BCUT2D eigenvalue weighted by molar-refractivity contribution is 0.100. The lowest BCUT2D eigenvalue weighted by Crippen LogP contribution is -2.11. The molecule has 0 radical (unpaired) electrons. The quantitative estimate of drug-likeness (QED) is 0.490. The zero-order chi connectivity index (χ0) is 17.6. The number of rotatable bonds is 3. The SMILES string of the molecule is NC(=O)c1cc(-c2ccnc3[nH]ccc23)[nH]c1-c1ccc(Cl)cc1Cl. The highest BCUT2D eigenvalue weighted by molar-refractivity contribution is 6.36. The Morgan fingerprint density at radius 2 is 1.92 bits per heavy atom. The largest absolute Gasteiger partial charge is 0.366 e. The van der Waals surface area contributed by atoms with Crippen LogP contribution >= 0.6 is 23.2 Å². The molecule has 0 fully saturated rings. The van der Waals surface area contributed by atoms with E-state index in [2.05, 4.69) is 15.0 Å². The minimum atomic E-state index is -0.539. The lowest BCUT2D eigenvalue weighted by Gasteiger charge is -2.05. The molecule has 7 heteroatoms. The number of pyridine rings is 1. The number of fused-ring (bicyclic) bond motifs is 1. The van der Waals surface area contributed by atoms with Gasteiger partial charge in [0, 0.05) is 39.6 Å². The van der Waals surface area contributed by atoms with Crippen LogP contribution in [0.4, 0.5) is 0 Å². The number of nitrogens with one attached hydrogen (secondary N) is 2. The molecule has 4 rings (SSSR count). The van der Waals surface area contributed by atoms with Crippen molar-refractivity contribution in [1.29, 1.82) is 0 Å². The third-order valence-electron chi connectivity index (χ3n) is 4.03. The Kier molecular flexibility index (Phi) is 3.75. The van der Waals surface area contributed by atoms with E-state index in [1.807, 2.05) is 18.3 Å². The van der Waals surface area contributed by atoms with Crippen LogP contribution in [0.3, 0.4) is 0 Å². The standard InChI is InChI=1S/C18H12Cl2N4O/c19-9-1-2-12(14(20)7-9)16-13(17(21)25)8-15(24-16)10-3-5-22-18-11(10)4-6-23-18/h1-8,24H,(H2,21,25)(H,22,23). The average Bonchev–Trinajstić information content (AvgIpc) is 3.21. The van der Waals surface area contributed by atoms with Crippen molar-refractivity contribution in [2.75, 3.05) is 0 Å². The molecule has 124 valence electrons. The molecular weight excluding hydrogens is 359 g/mol. The zero-order valence-electron chi connectivity index (χ0n) is 12.8. The third kappa shape index (κ3) is 2.67. The first kappa shape index (κ1) is 15.7. The van der Waals surface area contributed by atoms with Crippen LogP contribution in [0.2, 0.25) is 10.0 Å². The van der Waals surface area contributed by atoms with Crippen molar-refractivity contribution in [3.05, 3.63) is 64.4 Å². The van der Waals surface area contributed by atoms with Gasteiger partial charge in [-0.15, -0.1) is 0 Å². The predicted octanol–water partition coefficient (Wildman–Crippen LogP) is 4.63. The van der Waals surface area contributed by atoms with E-state index in [9.17, 15) is 4.79 Å². The molecule has 0 aliphatic heterocycles. The number of aromatic nitrogens is 3. The number of amides is 1. The summed E-state index contributed by atoms with van der Waals surface area (Å²) in [4.78, 5) is 22.6. The number of aromatic amines is 2. The number of nitrogens with zero attached hydrogens (tertiary/aromatic N) is 1. The minimum Gasteiger partial charge on any atom is -0.366 e. The van der Waals surface area contributed by atoms with E-state index in [1.165, 1.54) is 0 Å². The van der Waals surface area contributed by atoms with Gasteiger partial charge in [-0.3, -0.25) is 4.79 Å². The van der Waals surface area contributed by atoms with E-state index in [-0.39, 0.29) is 0 Å². The number of primary amides is 1. The van der Waals surface area contributed by atoms with E-state index in [0.29, 0.717) is 26.9 Å². The summed E-state index contributed by atoms with van der Waals surface area (Å²) in [6, 6.07) is 10.6. The fourth-order valence-corrected chi connectivity index (χ4v) is 3.40. The molecule has 3 aromatic heterocycles. The van der Waals surface area contributed by atoms with Gasteiger partial charge in [-0.2, -0.15) is 0 Å². The lowest BCUT2D eigenvalue weighted by atomic mass is 10.1. The van der Waals surface area contributed by atoms with Gasteiger partial charge >= 0.3 is 0 Å². The Morgan fingerprint density at radius 1 is 1.08 bits per heavy atom. The van der Waals surface area contributed by atoms with E-state index < -0.39 is 5.91 Å². The molecule has 25 heavy (non-hydrogen) atoms. The molecular formula is C18H12Cl2N4O. The van der Waals surface area contributed by atoms with Gasteiger partial charge in [0.05, 0.1) is 16.3 Å². The van der Waals surface area contributed by atoms with Crippen molar-refractivity contribution in [3.63, 3.8) is 0 Å². The normalized spacial score (nSPS) is 11.1. The Hall–Kier alpha value is -2.76. The molecule has 0 saturated heterocycles. The number of nitrogens with two attached hydrogens (primary N) is 1. The topological polar surface area (TPSA) is 87.6 Å². The number of hydrogen-bond acceptors (Lipinski definition) is 2. The summed E-state index contributed by atoms with van der Waals surface area (Å²) in [7, 11) is 0. The second-order valence-electron chi connectivity index (χ2n) is 5.56. The summed E-state index contributed by atoms with van der Waals surface area (Å²) >= 11 is 12.3. The van der Waals surface area contributed by atoms with Gasteiger partial charge in [-0.25, -0.2) is 4.98 Å². The molecule has 0 aliphatic carbocycles. The van der Waals surface area contributed by atoms with E-state index in [4.69, 9.17) is 28.9 Å². The van der Waals surface area contributed by atoms with Crippen molar-refractivity contribution in [3.8, 4) is 22.5 Å². The number of hydrogen-bond donors (Lipinski definition) is 3. The van der Waals surface area contributed by atoms with Gasteiger partial charge < -0.3 is 15.7 Å². The van der Waals surface area contributed by atoms with Crippen molar-refractivity contribution < 1.29 is 4.79 Å². The summed E-state index contributed by atoms with van der Waals surface area (Å²) in [5.74, 6) is -0.539. The van der Waals surface area contributed by atoms with Crippen molar-refractivity contribution >= 4 is 40.1 Å². The van der Waals surface area contributed by atoms with Gasteiger partial charge in [-0.05, 0) is 36.4 Å². The van der Waals surface area contributed by atoms with E-state index in [0.717, 1.165) is 22.3 Å². The van der Waals surface area contributed by atoms with Crippen LogP contribution in [0.25, 0.3) is 33.5 Å². The molecule has 0 unspecified atom stereocenters.